The van der Waals surface area contributed by atoms with Gasteiger partial charge in [0.25, 0.3) is 4.77 Å². The fourth-order valence-corrected chi connectivity index (χ4v) is 0.580. The average molecular weight is 157 g/mol. The van der Waals surface area contributed by atoms with Gasteiger partial charge in [-0.25, -0.2) is 0 Å². The highest BCUT2D eigenvalue weighted by Crippen LogP contribution is 1.82. The maximum Gasteiger partial charge on any atom is 0.260 e. The summed E-state index contributed by atoms with van der Waals surface area (Å²) in [5.74, 6) is 0. The molecule has 0 aliphatic rings. The summed E-state index contributed by atoms with van der Waals surface area (Å²) in [5.41, 5.74) is 0.891. The third kappa shape index (κ3) is 1.47. The molecule has 0 aromatic carbocycles. The van der Waals surface area contributed by atoms with E-state index >= 15 is 0 Å². The van der Waals surface area contributed by atoms with Crippen molar-refractivity contribution in [1.82, 2.24) is 20.3 Å². The maximum atomic E-state index is 4.75. The molecule has 1 aromatic rings. The van der Waals surface area contributed by atoms with Crippen molar-refractivity contribution >= 4 is 17.9 Å². The highest BCUT2D eigenvalue weighted by Gasteiger charge is 1.88. The lowest BCUT2D eigenvalue weighted by atomic mass is 10.5. The standard InChI is InChI=1S/C4H7N5S/c1-3(2)6-9-4(10)5-7-8-9/h1-2H3,(H,5,8,10). The van der Waals surface area contributed by atoms with Crippen LogP contribution in [0.2, 0.25) is 0 Å². The topological polar surface area (TPSA) is 58.9 Å². The number of rotatable bonds is 1. The van der Waals surface area contributed by atoms with Crippen molar-refractivity contribution in [3.63, 3.8) is 0 Å². The minimum absolute atomic E-state index is 0.334. The summed E-state index contributed by atoms with van der Waals surface area (Å²) in [6.07, 6.45) is 0. The lowest BCUT2D eigenvalue weighted by Crippen LogP contribution is -1.95. The predicted octanol–water partition coefficient (Wildman–Crippen LogP) is 0.580. The summed E-state index contributed by atoms with van der Waals surface area (Å²) >= 11 is 4.75. The molecule has 0 fully saturated rings. The Labute approximate surface area is 62.7 Å². The Hall–Kier alpha value is -1.04. The number of nitrogens with zero attached hydrogens (tertiary/aromatic N) is 4. The van der Waals surface area contributed by atoms with E-state index in [2.05, 4.69) is 20.6 Å². The van der Waals surface area contributed by atoms with E-state index in [9.17, 15) is 0 Å². The fraction of sp³-hybridized carbons (Fsp3) is 0.500. The minimum Gasteiger partial charge on any atom is -0.176 e. The van der Waals surface area contributed by atoms with Gasteiger partial charge in [-0.2, -0.15) is 10.3 Å². The van der Waals surface area contributed by atoms with Gasteiger partial charge >= 0.3 is 0 Å². The van der Waals surface area contributed by atoms with Gasteiger partial charge in [0.15, 0.2) is 0 Å². The first-order valence-corrected chi connectivity index (χ1v) is 3.13. The molecule has 0 atom stereocenters. The number of aromatic nitrogens is 4. The molecule has 0 aliphatic heterocycles. The van der Waals surface area contributed by atoms with Crippen molar-refractivity contribution in [2.75, 3.05) is 0 Å². The lowest BCUT2D eigenvalue weighted by Gasteiger charge is -1.88. The second kappa shape index (κ2) is 2.70. The summed E-state index contributed by atoms with van der Waals surface area (Å²) in [6, 6.07) is 0. The Morgan fingerprint density at radius 3 is 2.80 bits per heavy atom. The molecule has 1 rings (SSSR count). The molecular weight excluding hydrogens is 150 g/mol. The SMILES string of the molecule is CC(C)=Nn1[nH]nnc1=S. The Kier molecular flexibility index (Phi) is 1.91. The molecule has 0 saturated heterocycles. The summed E-state index contributed by atoms with van der Waals surface area (Å²) < 4.78 is 0.334. The van der Waals surface area contributed by atoms with Crippen molar-refractivity contribution in [2.24, 2.45) is 5.10 Å². The first-order chi connectivity index (χ1) is 4.70. The Balaban J connectivity index is 3.07. The number of hydrogen-bond donors (Lipinski definition) is 1. The zero-order valence-corrected chi connectivity index (χ0v) is 6.51. The van der Waals surface area contributed by atoms with Crippen molar-refractivity contribution in [3.05, 3.63) is 4.77 Å². The summed E-state index contributed by atoms with van der Waals surface area (Å²) in [6.45, 7) is 3.73. The lowest BCUT2D eigenvalue weighted by molar-refractivity contribution is 0.683. The number of aromatic amines is 1. The second-order valence-corrected chi connectivity index (χ2v) is 2.31. The van der Waals surface area contributed by atoms with Crippen LogP contribution in [0.5, 0.6) is 0 Å². The normalized spacial score (nSPS) is 9.40. The fourth-order valence-electron chi connectivity index (χ4n) is 0.458. The van der Waals surface area contributed by atoms with E-state index in [4.69, 9.17) is 12.2 Å². The van der Waals surface area contributed by atoms with Gasteiger partial charge in [0, 0.05) is 5.71 Å². The molecule has 1 heterocycles. The summed E-state index contributed by atoms with van der Waals surface area (Å²) in [5, 5.41) is 13.5. The molecule has 5 nitrogen and oxygen atoms in total. The molecule has 0 saturated carbocycles. The van der Waals surface area contributed by atoms with Gasteiger partial charge < -0.3 is 0 Å². The summed E-state index contributed by atoms with van der Waals surface area (Å²) in [4.78, 5) is 1.34. The number of H-pyrrole nitrogens is 1. The van der Waals surface area contributed by atoms with Crippen LogP contribution in [0.4, 0.5) is 0 Å². The van der Waals surface area contributed by atoms with Crippen LogP contribution in [-0.4, -0.2) is 26.0 Å². The Morgan fingerprint density at radius 1 is 1.70 bits per heavy atom. The van der Waals surface area contributed by atoms with Crippen LogP contribution < -0.4 is 0 Å². The third-order valence-corrected chi connectivity index (χ3v) is 1.01. The van der Waals surface area contributed by atoms with Crippen LogP contribution in [0.1, 0.15) is 13.8 Å². The number of nitrogens with one attached hydrogen (secondary N) is 1. The quantitative estimate of drug-likeness (QED) is 0.479. The van der Waals surface area contributed by atoms with E-state index in [1.54, 1.807) is 0 Å². The minimum atomic E-state index is 0.334. The summed E-state index contributed by atoms with van der Waals surface area (Å²) in [7, 11) is 0. The molecule has 0 radical (unpaired) electrons. The number of hydrogen-bond acceptors (Lipinski definition) is 4. The molecule has 0 aliphatic carbocycles. The maximum absolute atomic E-state index is 4.75. The van der Waals surface area contributed by atoms with Gasteiger partial charge in [0.2, 0.25) is 0 Å². The highest BCUT2D eigenvalue weighted by molar-refractivity contribution is 7.71. The molecule has 0 amide bonds. The molecule has 6 heteroatoms. The molecule has 1 aromatic heterocycles. The van der Waals surface area contributed by atoms with Crippen LogP contribution >= 0.6 is 12.2 Å². The smallest absolute Gasteiger partial charge is 0.176 e. The first-order valence-electron chi connectivity index (χ1n) is 2.72. The molecule has 0 unspecified atom stereocenters. The monoisotopic (exact) mass is 157 g/mol. The van der Waals surface area contributed by atoms with Crippen molar-refractivity contribution in [3.8, 4) is 0 Å². The van der Waals surface area contributed by atoms with Gasteiger partial charge in [-0.3, -0.25) is 0 Å². The first kappa shape index (κ1) is 7.07. The largest absolute Gasteiger partial charge is 0.260 e. The predicted molar refractivity (Wildman–Crippen MR) is 39.4 cm³/mol. The van der Waals surface area contributed by atoms with Crippen molar-refractivity contribution in [2.45, 2.75) is 13.8 Å². The molecule has 1 N–H and O–H groups in total. The molecular formula is C4H7N5S. The van der Waals surface area contributed by atoms with Crippen LogP contribution in [-0.2, 0) is 0 Å². The zero-order valence-electron chi connectivity index (χ0n) is 5.70. The van der Waals surface area contributed by atoms with Gasteiger partial charge in [-0.1, -0.05) is 5.10 Å². The van der Waals surface area contributed by atoms with E-state index in [-0.39, 0.29) is 0 Å². The van der Waals surface area contributed by atoms with Crippen molar-refractivity contribution < 1.29 is 0 Å². The van der Waals surface area contributed by atoms with E-state index in [1.165, 1.54) is 4.79 Å². The van der Waals surface area contributed by atoms with Crippen LogP contribution in [0, 0.1) is 4.77 Å². The van der Waals surface area contributed by atoms with Crippen LogP contribution in [0.25, 0.3) is 0 Å². The molecule has 0 spiro atoms. The van der Waals surface area contributed by atoms with Gasteiger partial charge in [0.1, 0.15) is 0 Å². The van der Waals surface area contributed by atoms with Gasteiger partial charge in [0.05, 0.1) is 0 Å². The van der Waals surface area contributed by atoms with E-state index in [0.29, 0.717) is 4.77 Å². The second-order valence-electron chi connectivity index (χ2n) is 1.94. The number of tetrazole rings is 1. The molecule has 0 bridgehead atoms. The van der Waals surface area contributed by atoms with Crippen molar-refractivity contribution in [1.29, 1.82) is 0 Å². The third-order valence-electron chi connectivity index (χ3n) is 0.756. The highest BCUT2D eigenvalue weighted by atomic mass is 32.1. The zero-order chi connectivity index (χ0) is 7.56. The van der Waals surface area contributed by atoms with E-state index in [0.717, 1.165) is 5.71 Å². The van der Waals surface area contributed by atoms with Gasteiger partial charge in [-0.15, -0.1) is 4.79 Å². The Morgan fingerprint density at radius 2 is 2.40 bits per heavy atom. The molecule has 54 valence electrons. The molecule has 10 heavy (non-hydrogen) atoms. The van der Waals surface area contributed by atoms with E-state index in [1.807, 2.05) is 13.8 Å². The van der Waals surface area contributed by atoms with Crippen LogP contribution in [0.3, 0.4) is 0 Å². The Bertz CT molecular complexity index is 291. The van der Waals surface area contributed by atoms with E-state index < -0.39 is 0 Å². The average Bonchev–Trinajstić information content (AvgIpc) is 2.15. The van der Waals surface area contributed by atoms with Crippen LogP contribution in [0.15, 0.2) is 5.10 Å². The van der Waals surface area contributed by atoms with Gasteiger partial charge in [-0.05, 0) is 31.3 Å².